The van der Waals surface area contributed by atoms with Crippen molar-refractivity contribution in [3.05, 3.63) is 36.5 Å². The number of nitrogens with one attached hydrogen (secondary N) is 1. The van der Waals surface area contributed by atoms with Crippen molar-refractivity contribution in [3.63, 3.8) is 0 Å². The molecule has 0 spiro atoms. The fraction of sp³-hybridized carbons (Fsp3) is 0.869. The summed E-state index contributed by atoms with van der Waals surface area (Å²) >= 11 is 0. The lowest BCUT2D eigenvalue weighted by Gasteiger charge is -2.20. The minimum absolute atomic E-state index is 0.00562. The van der Waals surface area contributed by atoms with Crippen molar-refractivity contribution in [1.82, 2.24) is 5.32 Å². The smallest absolute Gasteiger partial charge is 0.305 e. The van der Waals surface area contributed by atoms with Gasteiger partial charge in [0.1, 0.15) is 0 Å². The van der Waals surface area contributed by atoms with Gasteiger partial charge in [-0.2, -0.15) is 0 Å². The number of carbonyl (C=O) groups excluding carboxylic acids is 2. The summed E-state index contributed by atoms with van der Waals surface area (Å²) in [5.74, 6) is -0.0641. The number of esters is 1. The minimum Gasteiger partial charge on any atom is -0.466 e. The first-order valence-electron chi connectivity index (χ1n) is 29.8. The molecule has 3 N–H and O–H groups in total. The highest BCUT2D eigenvalue weighted by molar-refractivity contribution is 5.76. The molecule has 0 fully saturated rings. The molecule has 0 radical (unpaired) electrons. The number of hydrogen-bond acceptors (Lipinski definition) is 5. The quantitative estimate of drug-likeness (QED) is 0.0321. The average Bonchev–Trinajstić information content (AvgIpc) is 3.33. The maximum absolute atomic E-state index is 12.4. The molecule has 0 aliphatic heterocycles. The van der Waals surface area contributed by atoms with E-state index >= 15 is 0 Å². The van der Waals surface area contributed by atoms with Gasteiger partial charge in [-0.1, -0.05) is 256 Å². The van der Waals surface area contributed by atoms with E-state index < -0.39 is 12.1 Å². The van der Waals surface area contributed by atoms with Crippen LogP contribution in [0.5, 0.6) is 0 Å². The molecule has 6 nitrogen and oxygen atoms in total. The highest BCUT2D eigenvalue weighted by Gasteiger charge is 2.18. The summed E-state index contributed by atoms with van der Waals surface area (Å²) in [6.07, 6.45) is 70.6. The second-order valence-electron chi connectivity index (χ2n) is 20.3. The van der Waals surface area contributed by atoms with Crippen LogP contribution in [0.2, 0.25) is 0 Å². The van der Waals surface area contributed by atoms with Gasteiger partial charge in [0.05, 0.1) is 25.4 Å². The van der Waals surface area contributed by atoms with Crippen molar-refractivity contribution in [1.29, 1.82) is 0 Å². The molecule has 0 bridgehead atoms. The molecule has 67 heavy (non-hydrogen) atoms. The molecular formula is C61H115NO5. The first-order chi connectivity index (χ1) is 33.0. The van der Waals surface area contributed by atoms with Gasteiger partial charge in [0.25, 0.3) is 0 Å². The third-order valence-corrected chi connectivity index (χ3v) is 13.6. The standard InChI is InChI=1S/C61H115NO5/c1-3-5-7-9-11-13-14-35-39-43-47-51-55-61(66)67-56-52-48-44-40-36-33-31-29-27-25-23-21-19-17-15-16-18-20-22-24-26-28-30-32-34-38-42-46-50-54-60(65)62-58(57-63)59(64)53-49-45-41-37-12-10-8-6-4-2/h11,13,15,17,49,53,58-59,63-64H,3-10,12,14,16,18-48,50-52,54-57H2,1-2H3,(H,62,65)/b13-11-,17-15-,53-49+. The molecule has 1 amide bonds. The van der Waals surface area contributed by atoms with Crippen LogP contribution < -0.4 is 5.32 Å². The SMILES string of the molecule is CCCCC/C=C\CCCCCCCC(=O)OCCCCCCCCCCCCCC/C=C\CCCCCCCCCCCCCCCC(=O)NC(CO)C(O)/C=C/CCCCCCCCC. The summed E-state index contributed by atoms with van der Waals surface area (Å²) in [6, 6.07) is -0.625. The molecule has 0 rings (SSSR count). The number of amides is 1. The van der Waals surface area contributed by atoms with E-state index in [9.17, 15) is 19.8 Å². The maximum Gasteiger partial charge on any atom is 0.305 e. The number of rotatable bonds is 55. The van der Waals surface area contributed by atoms with Crippen LogP contribution in [-0.2, 0) is 14.3 Å². The van der Waals surface area contributed by atoms with Crippen molar-refractivity contribution in [2.75, 3.05) is 13.2 Å². The molecule has 2 atom stereocenters. The van der Waals surface area contributed by atoms with Gasteiger partial charge in [-0.05, 0) is 83.5 Å². The van der Waals surface area contributed by atoms with Crippen molar-refractivity contribution in [2.45, 2.75) is 328 Å². The van der Waals surface area contributed by atoms with Gasteiger partial charge in [-0.15, -0.1) is 0 Å². The highest BCUT2D eigenvalue weighted by atomic mass is 16.5. The van der Waals surface area contributed by atoms with Crippen molar-refractivity contribution in [2.24, 2.45) is 0 Å². The maximum atomic E-state index is 12.4. The summed E-state index contributed by atoms with van der Waals surface area (Å²) in [5.41, 5.74) is 0. The second-order valence-corrected chi connectivity index (χ2v) is 20.3. The Kier molecular flexibility index (Phi) is 55.0. The van der Waals surface area contributed by atoms with E-state index in [1.807, 2.05) is 6.08 Å². The second kappa shape index (κ2) is 56.7. The predicted molar refractivity (Wildman–Crippen MR) is 292 cm³/mol. The molecule has 6 heteroatoms. The van der Waals surface area contributed by atoms with E-state index in [-0.39, 0.29) is 18.5 Å². The van der Waals surface area contributed by atoms with Gasteiger partial charge >= 0.3 is 5.97 Å². The van der Waals surface area contributed by atoms with Gasteiger partial charge in [0, 0.05) is 12.8 Å². The van der Waals surface area contributed by atoms with Gasteiger partial charge < -0.3 is 20.3 Å². The van der Waals surface area contributed by atoms with Gasteiger partial charge in [0.2, 0.25) is 5.91 Å². The third-order valence-electron chi connectivity index (χ3n) is 13.6. The minimum atomic E-state index is -0.841. The van der Waals surface area contributed by atoms with Crippen molar-refractivity contribution >= 4 is 11.9 Å². The molecule has 0 aromatic carbocycles. The fourth-order valence-corrected chi connectivity index (χ4v) is 9.03. The van der Waals surface area contributed by atoms with E-state index in [1.54, 1.807) is 6.08 Å². The number of aliphatic hydroxyl groups excluding tert-OH is 2. The molecule has 394 valence electrons. The van der Waals surface area contributed by atoms with Crippen LogP contribution in [0.4, 0.5) is 0 Å². The van der Waals surface area contributed by atoms with E-state index in [4.69, 9.17) is 4.74 Å². The Bertz CT molecular complexity index is 1090. The number of unbranched alkanes of at least 4 members (excludes halogenated alkanes) is 40. The summed E-state index contributed by atoms with van der Waals surface area (Å²) in [7, 11) is 0. The molecular weight excluding hydrogens is 827 g/mol. The Hall–Kier alpha value is -1.92. The first kappa shape index (κ1) is 65.1. The monoisotopic (exact) mass is 942 g/mol. The molecule has 0 aliphatic carbocycles. The van der Waals surface area contributed by atoms with Crippen LogP contribution in [0.3, 0.4) is 0 Å². The first-order valence-corrected chi connectivity index (χ1v) is 29.8. The van der Waals surface area contributed by atoms with Crippen LogP contribution in [-0.4, -0.2) is 47.4 Å². The fourth-order valence-electron chi connectivity index (χ4n) is 9.03. The van der Waals surface area contributed by atoms with Crippen molar-refractivity contribution < 1.29 is 24.5 Å². The zero-order valence-corrected chi connectivity index (χ0v) is 44.9. The summed E-state index contributed by atoms with van der Waals surface area (Å²) in [5, 5.41) is 22.9. The molecule has 0 aliphatic rings. The Balaban J connectivity index is 3.36. The zero-order chi connectivity index (χ0) is 48.6. The van der Waals surface area contributed by atoms with Crippen LogP contribution in [0.25, 0.3) is 0 Å². The molecule has 0 heterocycles. The Morgan fingerprint density at radius 2 is 0.701 bits per heavy atom. The topological polar surface area (TPSA) is 95.9 Å². The van der Waals surface area contributed by atoms with E-state index in [1.165, 1.54) is 244 Å². The molecule has 0 aromatic heterocycles. The van der Waals surface area contributed by atoms with Crippen LogP contribution in [0.15, 0.2) is 36.5 Å². The lowest BCUT2D eigenvalue weighted by Crippen LogP contribution is -2.45. The number of ether oxygens (including phenoxy) is 1. The third kappa shape index (κ3) is 53.3. The highest BCUT2D eigenvalue weighted by Crippen LogP contribution is 2.16. The number of hydrogen-bond donors (Lipinski definition) is 3. The van der Waals surface area contributed by atoms with Gasteiger partial charge in [-0.25, -0.2) is 0 Å². The van der Waals surface area contributed by atoms with E-state index in [0.717, 1.165) is 44.9 Å². The summed E-state index contributed by atoms with van der Waals surface area (Å²) < 4.78 is 5.46. The predicted octanol–water partition coefficient (Wildman–Crippen LogP) is 18.4. The largest absolute Gasteiger partial charge is 0.466 e. The average molecular weight is 943 g/mol. The van der Waals surface area contributed by atoms with Gasteiger partial charge in [-0.3, -0.25) is 9.59 Å². The van der Waals surface area contributed by atoms with Crippen molar-refractivity contribution in [3.8, 4) is 0 Å². The number of aliphatic hydroxyl groups is 2. The summed E-state index contributed by atoms with van der Waals surface area (Å²) in [4.78, 5) is 24.4. The number of carbonyl (C=O) groups is 2. The lowest BCUT2D eigenvalue weighted by molar-refractivity contribution is -0.143. The van der Waals surface area contributed by atoms with Crippen LogP contribution in [0.1, 0.15) is 316 Å². The summed E-state index contributed by atoms with van der Waals surface area (Å²) in [6.45, 7) is 4.85. The Labute approximate surface area is 417 Å². The van der Waals surface area contributed by atoms with Gasteiger partial charge in [0.15, 0.2) is 0 Å². The van der Waals surface area contributed by atoms with Crippen LogP contribution in [0, 0.1) is 0 Å². The van der Waals surface area contributed by atoms with E-state index in [0.29, 0.717) is 19.4 Å². The Morgan fingerprint density at radius 3 is 1.09 bits per heavy atom. The van der Waals surface area contributed by atoms with Crippen LogP contribution >= 0.6 is 0 Å². The normalized spacial score (nSPS) is 12.8. The van der Waals surface area contributed by atoms with E-state index in [2.05, 4.69) is 43.5 Å². The molecule has 2 unspecified atom stereocenters. The molecule has 0 saturated carbocycles. The number of allylic oxidation sites excluding steroid dienone is 5. The zero-order valence-electron chi connectivity index (χ0n) is 44.9. The lowest BCUT2D eigenvalue weighted by atomic mass is 10.0. The molecule has 0 saturated heterocycles. The Morgan fingerprint density at radius 1 is 0.403 bits per heavy atom. The molecule has 0 aromatic rings.